The first-order valence-electron chi connectivity index (χ1n) is 5.49. The number of hydrogen-bond acceptors (Lipinski definition) is 3. The van der Waals surface area contributed by atoms with Crippen molar-refractivity contribution in [2.24, 2.45) is 0 Å². The minimum Gasteiger partial charge on any atom is -0.493 e. The quantitative estimate of drug-likeness (QED) is 0.767. The van der Waals surface area contributed by atoms with Crippen molar-refractivity contribution < 1.29 is 13.2 Å². The predicted molar refractivity (Wildman–Crippen MR) is 65.6 cm³/mol. The molecule has 0 aliphatic rings. The standard InChI is InChI=1S/C12H18O3S/c1-3-11-5-7-12(8-6-11)15-9-10-16(13,14)4-2/h5-8H,3-4,9-10H2,1-2H3. The van der Waals surface area contributed by atoms with Gasteiger partial charge in [0, 0.05) is 5.75 Å². The van der Waals surface area contributed by atoms with E-state index in [-0.39, 0.29) is 18.1 Å². The first-order valence-corrected chi connectivity index (χ1v) is 7.31. The van der Waals surface area contributed by atoms with Crippen LogP contribution < -0.4 is 4.74 Å². The van der Waals surface area contributed by atoms with Crippen molar-refractivity contribution in [1.82, 2.24) is 0 Å². The van der Waals surface area contributed by atoms with Gasteiger partial charge in [-0.25, -0.2) is 8.42 Å². The van der Waals surface area contributed by atoms with Crippen LogP contribution in [0.3, 0.4) is 0 Å². The average molecular weight is 242 g/mol. The number of benzene rings is 1. The lowest BCUT2D eigenvalue weighted by molar-refractivity contribution is 0.341. The number of sulfone groups is 1. The highest BCUT2D eigenvalue weighted by Crippen LogP contribution is 2.12. The number of rotatable bonds is 6. The lowest BCUT2D eigenvalue weighted by Crippen LogP contribution is -2.15. The summed E-state index contributed by atoms with van der Waals surface area (Å²) in [5, 5.41) is 0. The van der Waals surface area contributed by atoms with Crippen LogP contribution in [-0.4, -0.2) is 26.5 Å². The molecule has 0 aliphatic heterocycles. The average Bonchev–Trinajstić information content (AvgIpc) is 2.30. The molecule has 0 bridgehead atoms. The Balaban J connectivity index is 2.43. The molecule has 0 aliphatic carbocycles. The number of aryl methyl sites for hydroxylation is 1. The van der Waals surface area contributed by atoms with Crippen LogP contribution in [0, 0.1) is 0 Å². The second-order valence-corrected chi connectivity index (χ2v) is 6.06. The molecule has 0 saturated carbocycles. The highest BCUT2D eigenvalue weighted by atomic mass is 32.2. The molecule has 0 spiro atoms. The maximum absolute atomic E-state index is 11.2. The van der Waals surface area contributed by atoms with Crippen molar-refractivity contribution in [2.45, 2.75) is 20.3 Å². The van der Waals surface area contributed by atoms with E-state index in [2.05, 4.69) is 6.92 Å². The normalized spacial score (nSPS) is 11.4. The van der Waals surface area contributed by atoms with Gasteiger partial charge in [0.25, 0.3) is 0 Å². The highest BCUT2D eigenvalue weighted by Gasteiger charge is 2.06. The van der Waals surface area contributed by atoms with Gasteiger partial charge >= 0.3 is 0 Å². The van der Waals surface area contributed by atoms with Gasteiger partial charge in [-0.3, -0.25) is 0 Å². The molecule has 0 amide bonds. The van der Waals surface area contributed by atoms with Crippen LogP contribution in [0.4, 0.5) is 0 Å². The molecule has 16 heavy (non-hydrogen) atoms. The number of hydrogen-bond donors (Lipinski definition) is 0. The van der Waals surface area contributed by atoms with Crippen LogP contribution in [0.25, 0.3) is 0 Å². The van der Waals surface area contributed by atoms with Gasteiger partial charge in [0.05, 0.1) is 5.75 Å². The fourth-order valence-corrected chi connectivity index (χ4v) is 1.88. The summed E-state index contributed by atoms with van der Waals surface area (Å²) < 4.78 is 27.8. The Morgan fingerprint density at radius 1 is 1.12 bits per heavy atom. The molecule has 90 valence electrons. The lowest BCUT2D eigenvalue weighted by Gasteiger charge is -2.06. The Morgan fingerprint density at radius 2 is 1.75 bits per heavy atom. The minimum atomic E-state index is -2.93. The second kappa shape index (κ2) is 5.89. The fourth-order valence-electron chi connectivity index (χ4n) is 1.25. The number of ether oxygens (including phenoxy) is 1. The minimum absolute atomic E-state index is 0.0824. The first-order chi connectivity index (χ1) is 7.57. The maximum Gasteiger partial charge on any atom is 0.153 e. The van der Waals surface area contributed by atoms with Crippen molar-refractivity contribution in [3.63, 3.8) is 0 Å². The first kappa shape index (κ1) is 13.0. The molecule has 0 unspecified atom stereocenters. The van der Waals surface area contributed by atoms with Crippen LogP contribution in [0.1, 0.15) is 19.4 Å². The molecular weight excluding hydrogens is 224 g/mol. The maximum atomic E-state index is 11.2. The highest BCUT2D eigenvalue weighted by molar-refractivity contribution is 7.91. The van der Waals surface area contributed by atoms with E-state index in [4.69, 9.17) is 4.74 Å². The Hall–Kier alpha value is -1.03. The van der Waals surface area contributed by atoms with Gasteiger partial charge in [-0.15, -0.1) is 0 Å². The van der Waals surface area contributed by atoms with E-state index in [1.807, 2.05) is 24.3 Å². The molecule has 0 aromatic heterocycles. The van der Waals surface area contributed by atoms with Crippen molar-refractivity contribution in [3.8, 4) is 5.75 Å². The van der Waals surface area contributed by atoms with Gasteiger partial charge in [0.15, 0.2) is 9.84 Å². The smallest absolute Gasteiger partial charge is 0.153 e. The summed E-state index contributed by atoms with van der Waals surface area (Å²) in [6.45, 7) is 3.96. The van der Waals surface area contributed by atoms with Crippen molar-refractivity contribution in [3.05, 3.63) is 29.8 Å². The fraction of sp³-hybridized carbons (Fsp3) is 0.500. The summed E-state index contributed by atoms with van der Waals surface area (Å²) >= 11 is 0. The summed E-state index contributed by atoms with van der Waals surface area (Å²) in [6.07, 6.45) is 0.991. The molecule has 0 heterocycles. The van der Waals surface area contributed by atoms with E-state index >= 15 is 0 Å². The van der Waals surface area contributed by atoms with Crippen LogP contribution in [-0.2, 0) is 16.3 Å². The van der Waals surface area contributed by atoms with Gasteiger partial charge in [-0.05, 0) is 24.1 Å². The van der Waals surface area contributed by atoms with E-state index in [1.54, 1.807) is 6.92 Å². The van der Waals surface area contributed by atoms with E-state index in [9.17, 15) is 8.42 Å². The van der Waals surface area contributed by atoms with Gasteiger partial charge in [-0.2, -0.15) is 0 Å². The zero-order chi connectivity index (χ0) is 12.0. The third kappa shape index (κ3) is 4.23. The summed E-state index contributed by atoms with van der Waals surface area (Å²) in [6, 6.07) is 7.72. The van der Waals surface area contributed by atoms with E-state index in [0.29, 0.717) is 0 Å². The predicted octanol–water partition coefficient (Wildman–Crippen LogP) is 2.06. The Morgan fingerprint density at radius 3 is 2.25 bits per heavy atom. The van der Waals surface area contributed by atoms with E-state index in [0.717, 1.165) is 12.2 Å². The van der Waals surface area contributed by atoms with Gasteiger partial charge < -0.3 is 4.74 Å². The largest absolute Gasteiger partial charge is 0.493 e. The van der Waals surface area contributed by atoms with Crippen molar-refractivity contribution in [1.29, 1.82) is 0 Å². The zero-order valence-corrected chi connectivity index (χ0v) is 10.6. The molecule has 0 saturated heterocycles. The molecular formula is C12H18O3S. The van der Waals surface area contributed by atoms with Gasteiger partial charge in [-0.1, -0.05) is 26.0 Å². The Kier molecular flexibility index (Phi) is 4.80. The van der Waals surface area contributed by atoms with Crippen LogP contribution >= 0.6 is 0 Å². The molecule has 4 heteroatoms. The lowest BCUT2D eigenvalue weighted by atomic mass is 10.2. The van der Waals surface area contributed by atoms with Crippen molar-refractivity contribution in [2.75, 3.05) is 18.1 Å². The zero-order valence-electron chi connectivity index (χ0n) is 9.77. The molecule has 0 fully saturated rings. The molecule has 0 atom stereocenters. The van der Waals surface area contributed by atoms with Gasteiger partial charge in [0.1, 0.15) is 12.4 Å². The van der Waals surface area contributed by atoms with Gasteiger partial charge in [0.2, 0.25) is 0 Å². The summed E-state index contributed by atoms with van der Waals surface area (Å²) in [5.74, 6) is 0.980. The van der Waals surface area contributed by atoms with Crippen molar-refractivity contribution >= 4 is 9.84 Å². The van der Waals surface area contributed by atoms with E-state index in [1.165, 1.54) is 5.56 Å². The summed E-state index contributed by atoms with van der Waals surface area (Å²) in [4.78, 5) is 0. The van der Waals surface area contributed by atoms with Crippen LogP contribution in [0.15, 0.2) is 24.3 Å². The molecule has 3 nitrogen and oxygen atoms in total. The second-order valence-electron chi connectivity index (χ2n) is 3.58. The van der Waals surface area contributed by atoms with Crippen LogP contribution in [0.5, 0.6) is 5.75 Å². The monoisotopic (exact) mass is 242 g/mol. The molecule has 0 radical (unpaired) electrons. The summed E-state index contributed by atoms with van der Waals surface area (Å²) in [7, 11) is -2.93. The molecule has 0 N–H and O–H groups in total. The van der Waals surface area contributed by atoms with Crippen LogP contribution in [0.2, 0.25) is 0 Å². The molecule has 1 aromatic carbocycles. The Labute approximate surface area is 97.4 Å². The Bertz CT molecular complexity index is 406. The summed E-state index contributed by atoms with van der Waals surface area (Å²) in [5.41, 5.74) is 1.24. The third-order valence-electron chi connectivity index (χ3n) is 2.43. The van der Waals surface area contributed by atoms with E-state index < -0.39 is 9.84 Å². The third-order valence-corrected chi connectivity index (χ3v) is 4.10. The SMILES string of the molecule is CCc1ccc(OCCS(=O)(=O)CC)cc1. The molecule has 1 aromatic rings. The topological polar surface area (TPSA) is 43.4 Å². The molecule has 1 rings (SSSR count).